The van der Waals surface area contributed by atoms with Crippen LogP contribution in [0.4, 0.5) is 5.69 Å². The van der Waals surface area contributed by atoms with E-state index >= 15 is 0 Å². The van der Waals surface area contributed by atoms with Gasteiger partial charge in [-0.1, -0.05) is 23.2 Å². The van der Waals surface area contributed by atoms with Gasteiger partial charge < -0.3 is 15.7 Å². The number of nitrogens with zero attached hydrogens (tertiary/aromatic N) is 1. The van der Waals surface area contributed by atoms with Gasteiger partial charge in [0.05, 0.1) is 16.5 Å². The molecule has 0 radical (unpaired) electrons. The van der Waals surface area contributed by atoms with Gasteiger partial charge in [0.15, 0.2) is 0 Å². The molecule has 1 saturated heterocycles. The topological polar surface area (TPSA) is 81.7 Å². The second-order valence-electron chi connectivity index (χ2n) is 5.02. The summed E-state index contributed by atoms with van der Waals surface area (Å²) in [6.45, 7) is 2.66. The molecule has 1 aliphatic heterocycles. The lowest BCUT2D eigenvalue weighted by atomic mass is 10.1. The molecular formula is C14H17Cl2N3O3. The number of amides is 1. The third-order valence-electron chi connectivity index (χ3n) is 3.46. The number of carbonyl (C=O) groups is 2. The summed E-state index contributed by atoms with van der Waals surface area (Å²) in [5.41, 5.74) is 0.490. The number of carboxylic acids is 1. The standard InChI is InChI=1S/C14H17Cl2N3O3/c15-10-2-1-9(7-11(10)16)18-13(20)8-12(14(21)22)19-5-3-17-4-6-19/h1-2,7,12,17H,3-6,8H2,(H,18,20)(H,21,22). The molecule has 0 saturated carbocycles. The number of hydrogen-bond acceptors (Lipinski definition) is 4. The molecule has 2 rings (SSSR count). The first-order valence-electron chi connectivity index (χ1n) is 6.90. The van der Waals surface area contributed by atoms with Crippen LogP contribution in [0, 0.1) is 0 Å². The molecule has 8 heteroatoms. The Morgan fingerprint density at radius 2 is 1.95 bits per heavy atom. The van der Waals surface area contributed by atoms with Crippen molar-refractivity contribution < 1.29 is 14.7 Å². The van der Waals surface area contributed by atoms with Gasteiger partial charge in [0.1, 0.15) is 6.04 Å². The van der Waals surface area contributed by atoms with Gasteiger partial charge in [-0.05, 0) is 18.2 Å². The maximum absolute atomic E-state index is 12.1. The van der Waals surface area contributed by atoms with E-state index in [4.69, 9.17) is 23.2 Å². The Bertz CT molecular complexity index is 562. The van der Waals surface area contributed by atoms with Gasteiger partial charge in [0.25, 0.3) is 0 Å². The van der Waals surface area contributed by atoms with Gasteiger partial charge in [-0.15, -0.1) is 0 Å². The number of aliphatic carboxylic acids is 1. The van der Waals surface area contributed by atoms with Crippen molar-refractivity contribution in [1.29, 1.82) is 0 Å². The Morgan fingerprint density at radius 1 is 1.27 bits per heavy atom. The number of benzene rings is 1. The number of carbonyl (C=O) groups excluding carboxylic acids is 1. The predicted molar refractivity (Wildman–Crippen MR) is 85.6 cm³/mol. The summed E-state index contributed by atoms with van der Waals surface area (Å²) in [6.07, 6.45) is -0.115. The lowest BCUT2D eigenvalue weighted by Crippen LogP contribution is -2.52. The molecule has 1 atom stereocenters. The van der Waals surface area contributed by atoms with Gasteiger partial charge in [0, 0.05) is 31.9 Å². The summed E-state index contributed by atoms with van der Waals surface area (Å²) in [6, 6.07) is 3.89. The highest BCUT2D eigenvalue weighted by Gasteiger charge is 2.29. The molecule has 1 aromatic carbocycles. The van der Waals surface area contributed by atoms with Gasteiger partial charge in [-0.2, -0.15) is 0 Å². The molecule has 6 nitrogen and oxygen atoms in total. The molecule has 0 spiro atoms. The minimum Gasteiger partial charge on any atom is -0.480 e. The average Bonchev–Trinajstić information content (AvgIpc) is 2.49. The molecular weight excluding hydrogens is 329 g/mol. The van der Waals surface area contributed by atoms with E-state index in [1.54, 1.807) is 17.0 Å². The number of nitrogens with one attached hydrogen (secondary N) is 2. The molecule has 0 aromatic heterocycles. The van der Waals surface area contributed by atoms with Crippen molar-refractivity contribution in [3.63, 3.8) is 0 Å². The van der Waals surface area contributed by atoms with Gasteiger partial charge in [-0.25, -0.2) is 0 Å². The van der Waals surface area contributed by atoms with E-state index in [0.717, 1.165) is 13.1 Å². The highest BCUT2D eigenvalue weighted by Crippen LogP contribution is 2.25. The number of carboxylic acid groups (broad SMARTS) is 1. The number of halogens is 2. The van der Waals surface area contributed by atoms with Crippen molar-refractivity contribution in [1.82, 2.24) is 10.2 Å². The highest BCUT2D eigenvalue weighted by molar-refractivity contribution is 6.42. The van der Waals surface area contributed by atoms with Gasteiger partial charge >= 0.3 is 5.97 Å². The molecule has 22 heavy (non-hydrogen) atoms. The molecule has 1 amide bonds. The lowest BCUT2D eigenvalue weighted by Gasteiger charge is -2.32. The smallest absolute Gasteiger partial charge is 0.321 e. The monoisotopic (exact) mass is 345 g/mol. The van der Waals surface area contributed by atoms with Crippen LogP contribution in [0.15, 0.2) is 18.2 Å². The lowest BCUT2D eigenvalue weighted by molar-refractivity contribution is -0.145. The largest absolute Gasteiger partial charge is 0.480 e. The first-order chi connectivity index (χ1) is 10.5. The second kappa shape index (κ2) is 7.78. The molecule has 1 aliphatic rings. The number of rotatable bonds is 5. The predicted octanol–water partition coefficient (Wildman–Crippen LogP) is 1.68. The average molecular weight is 346 g/mol. The van der Waals surface area contributed by atoms with Crippen LogP contribution in [0.5, 0.6) is 0 Å². The zero-order valence-corrected chi connectivity index (χ0v) is 13.3. The van der Waals surface area contributed by atoms with E-state index in [2.05, 4.69) is 10.6 Å². The van der Waals surface area contributed by atoms with Crippen LogP contribution in [0.25, 0.3) is 0 Å². The van der Waals surface area contributed by atoms with Crippen LogP contribution in [0.1, 0.15) is 6.42 Å². The summed E-state index contributed by atoms with van der Waals surface area (Å²) in [5.74, 6) is -1.37. The van der Waals surface area contributed by atoms with Crippen molar-refractivity contribution in [2.75, 3.05) is 31.5 Å². The van der Waals surface area contributed by atoms with Crippen molar-refractivity contribution in [2.45, 2.75) is 12.5 Å². The molecule has 1 heterocycles. The number of piperazine rings is 1. The van der Waals surface area contributed by atoms with Crippen LogP contribution in [-0.4, -0.2) is 54.1 Å². The third kappa shape index (κ3) is 4.58. The molecule has 0 bridgehead atoms. The first kappa shape index (κ1) is 17.0. The van der Waals surface area contributed by atoms with E-state index < -0.39 is 12.0 Å². The van der Waals surface area contributed by atoms with E-state index in [1.807, 2.05) is 0 Å². The van der Waals surface area contributed by atoms with Crippen molar-refractivity contribution >= 4 is 40.8 Å². The Kier molecular flexibility index (Phi) is 6.02. The van der Waals surface area contributed by atoms with Crippen LogP contribution < -0.4 is 10.6 Å². The molecule has 3 N–H and O–H groups in total. The fourth-order valence-electron chi connectivity index (χ4n) is 2.33. The maximum atomic E-state index is 12.1. The molecule has 1 aromatic rings. The second-order valence-corrected chi connectivity index (χ2v) is 5.84. The molecule has 1 fully saturated rings. The Morgan fingerprint density at radius 3 is 2.55 bits per heavy atom. The van der Waals surface area contributed by atoms with E-state index in [9.17, 15) is 14.7 Å². The van der Waals surface area contributed by atoms with E-state index in [1.165, 1.54) is 6.07 Å². The Labute approximate surface area is 138 Å². The normalized spacial score (nSPS) is 17.0. The summed E-state index contributed by atoms with van der Waals surface area (Å²) in [5, 5.41) is 15.9. The summed E-state index contributed by atoms with van der Waals surface area (Å²) in [7, 11) is 0. The quantitative estimate of drug-likeness (QED) is 0.756. The summed E-state index contributed by atoms with van der Waals surface area (Å²) < 4.78 is 0. The maximum Gasteiger partial charge on any atom is 0.321 e. The fourth-order valence-corrected chi connectivity index (χ4v) is 2.63. The zero-order valence-electron chi connectivity index (χ0n) is 11.8. The first-order valence-corrected chi connectivity index (χ1v) is 7.65. The molecule has 1 unspecified atom stereocenters. The van der Waals surface area contributed by atoms with Crippen LogP contribution in [0.2, 0.25) is 10.0 Å². The summed E-state index contributed by atoms with van der Waals surface area (Å²) in [4.78, 5) is 25.3. The van der Waals surface area contributed by atoms with Crippen molar-refractivity contribution in [2.24, 2.45) is 0 Å². The molecule has 120 valence electrons. The minimum absolute atomic E-state index is 0.115. The third-order valence-corrected chi connectivity index (χ3v) is 4.20. The Hall–Kier alpha value is -1.34. The van der Waals surface area contributed by atoms with Crippen LogP contribution in [0.3, 0.4) is 0 Å². The van der Waals surface area contributed by atoms with Gasteiger partial charge in [0.2, 0.25) is 5.91 Å². The SMILES string of the molecule is O=C(CC(C(=O)O)N1CCNCC1)Nc1ccc(Cl)c(Cl)c1. The van der Waals surface area contributed by atoms with Crippen LogP contribution >= 0.6 is 23.2 Å². The van der Waals surface area contributed by atoms with Gasteiger partial charge in [-0.3, -0.25) is 14.5 Å². The minimum atomic E-state index is -0.994. The highest BCUT2D eigenvalue weighted by atomic mass is 35.5. The van der Waals surface area contributed by atoms with E-state index in [0.29, 0.717) is 28.8 Å². The molecule has 0 aliphatic carbocycles. The van der Waals surface area contributed by atoms with Crippen LogP contribution in [-0.2, 0) is 9.59 Å². The Balaban J connectivity index is 1.98. The zero-order chi connectivity index (χ0) is 16.1. The summed E-state index contributed by atoms with van der Waals surface area (Å²) >= 11 is 11.7. The van der Waals surface area contributed by atoms with E-state index in [-0.39, 0.29) is 12.3 Å². The van der Waals surface area contributed by atoms with Crippen molar-refractivity contribution in [3.05, 3.63) is 28.2 Å². The number of anilines is 1. The fraction of sp³-hybridized carbons (Fsp3) is 0.429. The van der Waals surface area contributed by atoms with Crippen molar-refractivity contribution in [3.8, 4) is 0 Å². The number of hydrogen-bond donors (Lipinski definition) is 3.